The predicted molar refractivity (Wildman–Crippen MR) is 47.0 cm³/mol. The molecular weight excluding hydrogens is 176 g/mol. The summed E-state index contributed by atoms with van der Waals surface area (Å²) in [5, 5.41) is -0.270. The standard InChI is InChI=1S/C8H10O3S/c1-10-8(9)7(12-2)6-3-4-11-5-6/h3-5,7H,1-2H3. The molecule has 1 heterocycles. The van der Waals surface area contributed by atoms with Crippen LogP contribution in [0.2, 0.25) is 0 Å². The minimum absolute atomic E-state index is 0.246. The van der Waals surface area contributed by atoms with Gasteiger partial charge in [0.15, 0.2) is 0 Å². The number of carbonyl (C=O) groups is 1. The second kappa shape index (κ2) is 4.21. The predicted octanol–water partition coefficient (Wildman–Crippen LogP) is 1.86. The van der Waals surface area contributed by atoms with Crippen LogP contribution in [0, 0.1) is 0 Å². The van der Waals surface area contributed by atoms with E-state index >= 15 is 0 Å². The van der Waals surface area contributed by atoms with Gasteiger partial charge in [0.25, 0.3) is 0 Å². The first-order chi connectivity index (χ1) is 5.79. The highest BCUT2D eigenvalue weighted by molar-refractivity contribution is 7.99. The van der Waals surface area contributed by atoms with Crippen LogP contribution in [0.25, 0.3) is 0 Å². The number of ether oxygens (including phenoxy) is 1. The van der Waals surface area contributed by atoms with Gasteiger partial charge >= 0.3 is 5.97 Å². The Labute approximate surface area is 75.1 Å². The van der Waals surface area contributed by atoms with Gasteiger partial charge in [0.05, 0.1) is 19.6 Å². The fourth-order valence-electron chi connectivity index (χ4n) is 0.900. The Hall–Kier alpha value is -0.900. The first-order valence-electron chi connectivity index (χ1n) is 3.42. The third-order valence-electron chi connectivity index (χ3n) is 1.50. The maximum atomic E-state index is 11.2. The van der Waals surface area contributed by atoms with Crippen LogP contribution >= 0.6 is 11.8 Å². The van der Waals surface area contributed by atoms with E-state index in [1.807, 2.05) is 6.26 Å². The molecule has 0 N–H and O–H groups in total. The van der Waals surface area contributed by atoms with Crippen molar-refractivity contribution >= 4 is 17.7 Å². The zero-order valence-corrected chi connectivity index (χ0v) is 7.76. The Balaban J connectivity index is 2.76. The van der Waals surface area contributed by atoms with E-state index in [9.17, 15) is 4.79 Å². The minimum Gasteiger partial charge on any atom is -0.472 e. The topological polar surface area (TPSA) is 39.4 Å². The van der Waals surface area contributed by atoms with Crippen molar-refractivity contribution in [3.05, 3.63) is 24.2 Å². The van der Waals surface area contributed by atoms with Gasteiger partial charge in [-0.3, -0.25) is 4.79 Å². The summed E-state index contributed by atoms with van der Waals surface area (Å²) in [5.41, 5.74) is 0.842. The van der Waals surface area contributed by atoms with E-state index in [4.69, 9.17) is 4.42 Å². The van der Waals surface area contributed by atoms with Crippen LogP contribution in [0.4, 0.5) is 0 Å². The summed E-state index contributed by atoms with van der Waals surface area (Å²) in [6, 6.07) is 1.76. The maximum Gasteiger partial charge on any atom is 0.323 e. The molecule has 66 valence electrons. The van der Waals surface area contributed by atoms with Crippen molar-refractivity contribution in [2.75, 3.05) is 13.4 Å². The molecule has 0 aliphatic rings. The van der Waals surface area contributed by atoms with Crippen molar-refractivity contribution in [2.24, 2.45) is 0 Å². The van der Waals surface area contributed by atoms with Gasteiger partial charge in [0.1, 0.15) is 5.25 Å². The SMILES string of the molecule is COC(=O)C(SC)c1ccoc1. The zero-order valence-electron chi connectivity index (χ0n) is 6.94. The third-order valence-corrected chi connectivity index (χ3v) is 2.43. The highest BCUT2D eigenvalue weighted by Crippen LogP contribution is 2.27. The second-order valence-electron chi connectivity index (χ2n) is 2.20. The molecule has 0 aliphatic heterocycles. The molecule has 0 aliphatic carbocycles. The Morgan fingerprint density at radius 2 is 2.50 bits per heavy atom. The van der Waals surface area contributed by atoms with Crippen molar-refractivity contribution in [1.82, 2.24) is 0 Å². The number of carbonyl (C=O) groups excluding carboxylic acids is 1. The van der Waals surface area contributed by atoms with Crippen LogP contribution in [0.5, 0.6) is 0 Å². The lowest BCUT2D eigenvalue weighted by Gasteiger charge is -2.08. The van der Waals surface area contributed by atoms with Gasteiger partial charge in [0.2, 0.25) is 0 Å². The lowest BCUT2D eigenvalue weighted by atomic mass is 10.2. The number of esters is 1. The molecule has 0 saturated carbocycles. The molecule has 3 nitrogen and oxygen atoms in total. The molecule has 0 fully saturated rings. The van der Waals surface area contributed by atoms with Gasteiger partial charge in [-0.05, 0) is 12.3 Å². The first kappa shape index (κ1) is 9.19. The summed E-state index contributed by atoms with van der Waals surface area (Å²) in [4.78, 5) is 11.2. The van der Waals surface area contributed by atoms with E-state index in [-0.39, 0.29) is 11.2 Å². The number of furan rings is 1. The Bertz CT molecular complexity index is 243. The molecule has 1 aromatic rings. The van der Waals surface area contributed by atoms with E-state index in [0.29, 0.717) is 0 Å². The van der Waals surface area contributed by atoms with Crippen molar-refractivity contribution in [1.29, 1.82) is 0 Å². The maximum absolute atomic E-state index is 11.2. The first-order valence-corrected chi connectivity index (χ1v) is 4.71. The van der Waals surface area contributed by atoms with Crippen LogP contribution < -0.4 is 0 Å². The molecule has 1 rings (SSSR count). The molecule has 0 aromatic carbocycles. The Morgan fingerprint density at radius 3 is 2.92 bits per heavy atom. The highest BCUT2D eigenvalue weighted by Gasteiger charge is 2.20. The number of rotatable bonds is 3. The van der Waals surface area contributed by atoms with Crippen LogP contribution in [0.15, 0.2) is 23.0 Å². The van der Waals surface area contributed by atoms with E-state index in [1.54, 1.807) is 18.6 Å². The fraction of sp³-hybridized carbons (Fsp3) is 0.375. The van der Waals surface area contributed by atoms with Crippen molar-refractivity contribution < 1.29 is 13.9 Å². The molecule has 1 aromatic heterocycles. The van der Waals surface area contributed by atoms with E-state index < -0.39 is 0 Å². The molecule has 0 bridgehead atoms. The summed E-state index contributed by atoms with van der Waals surface area (Å²) in [5.74, 6) is -0.246. The van der Waals surface area contributed by atoms with Crippen LogP contribution in [-0.4, -0.2) is 19.3 Å². The molecule has 12 heavy (non-hydrogen) atoms. The van der Waals surface area contributed by atoms with Gasteiger partial charge in [-0.2, -0.15) is 0 Å². The summed E-state index contributed by atoms with van der Waals surface area (Å²) in [6.07, 6.45) is 4.95. The summed E-state index contributed by atoms with van der Waals surface area (Å²) in [7, 11) is 1.38. The number of methoxy groups -OCH3 is 1. The lowest BCUT2D eigenvalue weighted by Crippen LogP contribution is -2.09. The van der Waals surface area contributed by atoms with Crippen LogP contribution in [-0.2, 0) is 9.53 Å². The number of hydrogen-bond donors (Lipinski definition) is 0. The third kappa shape index (κ3) is 1.82. The van der Waals surface area contributed by atoms with Gasteiger partial charge in [-0.25, -0.2) is 0 Å². The molecule has 1 unspecified atom stereocenters. The normalized spacial score (nSPS) is 12.5. The molecular formula is C8H10O3S. The average Bonchev–Trinajstić information content (AvgIpc) is 2.58. The largest absolute Gasteiger partial charge is 0.472 e. The van der Waals surface area contributed by atoms with Crippen LogP contribution in [0.1, 0.15) is 10.8 Å². The smallest absolute Gasteiger partial charge is 0.323 e. The van der Waals surface area contributed by atoms with E-state index in [1.165, 1.54) is 18.9 Å². The minimum atomic E-state index is -0.270. The van der Waals surface area contributed by atoms with Gasteiger partial charge in [-0.15, -0.1) is 11.8 Å². The average molecular weight is 186 g/mol. The molecule has 1 atom stereocenters. The van der Waals surface area contributed by atoms with Gasteiger partial charge < -0.3 is 9.15 Å². The zero-order chi connectivity index (χ0) is 8.97. The second-order valence-corrected chi connectivity index (χ2v) is 3.14. The summed E-state index contributed by atoms with van der Waals surface area (Å²) in [6.45, 7) is 0. The Kier molecular flexibility index (Phi) is 3.22. The van der Waals surface area contributed by atoms with Crippen molar-refractivity contribution in [3.8, 4) is 0 Å². The van der Waals surface area contributed by atoms with Gasteiger partial charge in [0, 0.05) is 5.56 Å². The number of hydrogen-bond acceptors (Lipinski definition) is 4. The quantitative estimate of drug-likeness (QED) is 0.675. The lowest BCUT2D eigenvalue weighted by molar-refractivity contribution is -0.140. The van der Waals surface area contributed by atoms with Crippen molar-refractivity contribution in [2.45, 2.75) is 5.25 Å². The van der Waals surface area contributed by atoms with Crippen molar-refractivity contribution in [3.63, 3.8) is 0 Å². The molecule has 0 amide bonds. The molecule has 0 radical (unpaired) electrons. The number of thioether (sulfide) groups is 1. The summed E-state index contributed by atoms with van der Waals surface area (Å²) >= 11 is 1.43. The molecule has 0 saturated heterocycles. The van der Waals surface area contributed by atoms with Crippen LogP contribution in [0.3, 0.4) is 0 Å². The van der Waals surface area contributed by atoms with E-state index in [2.05, 4.69) is 4.74 Å². The van der Waals surface area contributed by atoms with Gasteiger partial charge in [-0.1, -0.05) is 0 Å². The highest BCUT2D eigenvalue weighted by atomic mass is 32.2. The monoisotopic (exact) mass is 186 g/mol. The van der Waals surface area contributed by atoms with E-state index in [0.717, 1.165) is 5.56 Å². The fourth-order valence-corrected chi connectivity index (χ4v) is 1.59. The molecule has 4 heteroatoms. The molecule has 0 spiro atoms. The summed E-state index contributed by atoms with van der Waals surface area (Å²) < 4.78 is 9.50. The Morgan fingerprint density at radius 1 is 1.75 bits per heavy atom.